The molecule has 1 aliphatic carbocycles. The number of thiazole rings is 1. The summed E-state index contributed by atoms with van der Waals surface area (Å²) < 4.78 is 0. The van der Waals surface area contributed by atoms with Crippen LogP contribution in [0.1, 0.15) is 38.6 Å². The first-order valence-electron chi connectivity index (χ1n) is 7.72. The zero-order valence-corrected chi connectivity index (χ0v) is 14.1. The highest BCUT2D eigenvalue weighted by atomic mass is 32.1. The lowest BCUT2D eigenvalue weighted by molar-refractivity contribution is 0.366. The molecule has 3 rings (SSSR count). The molecule has 1 saturated carbocycles. The summed E-state index contributed by atoms with van der Waals surface area (Å²) in [6.45, 7) is 9.16. The summed E-state index contributed by atoms with van der Waals surface area (Å²) in [5, 5.41) is 6.96. The molecule has 1 heterocycles. The van der Waals surface area contributed by atoms with Gasteiger partial charge in [0.1, 0.15) is 0 Å². The van der Waals surface area contributed by atoms with Gasteiger partial charge in [0.05, 0.1) is 10.7 Å². The minimum Gasteiger partial charge on any atom is -0.382 e. The van der Waals surface area contributed by atoms with Crippen molar-refractivity contribution < 1.29 is 0 Å². The van der Waals surface area contributed by atoms with Gasteiger partial charge in [-0.1, -0.05) is 32.9 Å². The number of hydrogen-bond acceptors (Lipinski definition) is 3. The van der Waals surface area contributed by atoms with Gasteiger partial charge in [-0.2, -0.15) is 0 Å². The Labute approximate surface area is 131 Å². The Balaban J connectivity index is 1.70. The number of aryl methyl sites for hydroxylation is 1. The van der Waals surface area contributed by atoms with E-state index in [0.717, 1.165) is 16.6 Å². The Hall–Kier alpha value is -1.35. The van der Waals surface area contributed by atoms with Gasteiger partial charge in [0.2, 0.25) is 0 Å². The minimum absolute atomic E-state index is 0.467. The zero-order chi connectivity index (χ0) is 15.0. The van der Waals surface area contributed by atoms with Crippen molar-refractivity contribution in [2.24, 2.45) is 11.3 Å². The fraction of sp³-hybridized carbons (Fsp3) is 0.500. The standard InChI is InChI=1S/C18H24N2S/c1-12-9-18(3,4)10-16(12)20-15-7-5-14(6-8-15)17-11-21-13(2)19-17/h5-8,11-12,16,20H,9-10H2,1-4H3. The second-order valence-electron chi connectivity index (χ2n) is 7.13. The van der Waals surface area contributed by atoms with E-state index in [0.29, 0.717) is 11.5 Å². The fourth-order valence-electron chi connectivity index (χ4n) is 3.53. The Morgan fingerprint density at radius 2 is 1.90 bits per heavy atom. The highest BCUT2D eigenvalue weighted by molar-refractivity contribution is 7.09. The first kappa shape index (κ1) is 14.6. The number of benzene rings is 1. The molecule has 0 spiro atoms. The molecule has 1 fully saturated rings. The average Bonchev–Trinajstić information content (AvgIpc) is 2.94. The second-order valence-corrected chi connectivity index (χ2v) is 8.19. The minimum atomic E-state index is 0.467. The third-order valence-corrected chi connectivity index (χ3v) is 5.26. The van der Waals surface area contributed by atoms with Crippen LogP contribution in [0, 0.1) is 18.3 Å². The monoisotopic (exact) mass is 300 g/mol. The maximum Gasteiger partial charge on any atom is 0.0901 e. The van der Waals surface area contributed by atoms with E-state index >= 15 is 0 Å². The van der Waals surface area contributed by atoms with Crippen LogP contribution in [0.5, 0.6) is 0 Å². The first-order chi connectivity index (χ1) is 9.93. The Bertz CT molecular complexity index is 612. The van der Waals surface area contributed by atoms with E-state index in [1.807, 2.05) is 6.92 Å². The van der Waals surface area contributed by atoms with E-state index in [-0.39, 0.29) is 0 Å². The predicted molar refractivity (Wildman–Crippen MR) is 91.9 cm³/mol. The zero-order valence-electron chi connectivity index (χ0n) is 13.3. The fourth-order valence-corrected chi connectivity index (χ4v) is 4.16. The van der Waals surface area contributed by atoms with Crippen LogP contribution in [0.3, 0.4) is 0 Å². The van der Waals surface area contributed by atoms with Crippen LogP contribution >= 0.6 is 11.3 Å². The van der Waals surface area contributed by atoms with Crippen LogP contribution < -0.4 is 5.32 Å². The summed E-state index contributed by atoms with van der Waals surface area (Å²) >= 11 is 1.70. The number of nitrogens with zero attached hydrogens (tertiary/aromatic N) is 1. The topological polar surface area (TPSA) is 24.9 Å². The van der Waals surface area contributed by atoms with Gasteiger partial charge in [-0.3, -0.25) is 0 Å². The molecule has 3 heteroatoms. The maximum absolute atomic E-state index is 4.54. The van der Waals surface area contributed by atoms with E-state index in [2.05, 4.69) is 60.7 Å². The number of rotatable bonds is 3. The molecule has 2 atom stereocenters. The number of anilines is 1. The third-order valence-electron chi connectivity index (χ3n) is 4.49. The number of nitrogens with one attached hydrogen (secondary N) is 1. The predicted octanol–water partition coefficient (Wildman–Crippen LogP) is 5.36. The summed E-state index contributed by atoms with van der Waals surface area (Å²) in [6, 6.07) is 9.29. The van der Waals surface area contributed by atoms with Gasteiger partial charge in [0, 0.05) is 22.7 Å². The van der Waals surface area contributed by atoms with Gasteiger partial charge < -0.3 is 5.32 Å². The molecule has 0 bridgehead atoms. The number of aromatic nitrogens is 1. The van der Waals surface area contributed by atoms with Crippen LogP contribution in [0.15, 0.2) is 29.6 Å². The molecule has 1 aliphatic rings. The van der Waals surface area contributed by atoms with Crippen molar-refractivity contribution >= 4 is 17.0 Å². The first-order valence-corrected chi connectivity index (χ1v) is 8.60. The normalized spacial score (nSPS) is 24.2. The average molecular weight is 300 g/mol. The van der Waals surface area contributed by atoms with Crippen LogP contribution in [-0.4, -0.2) is 11.0 Å². The number of hydrogen-bond donors (Lipinski definition) is 1. The van der Waals surface area contributed by atoms with Crippen molar-refractivity contribution in [2.45, 2.75) is 46.6 Å². The molecule has 112 valence electrons. The third kappa shape index (κ3) is 3.29. The highest BCUT2D eigenvalue weighted by Gasteiger charge is 2.36. The molecule has 0 radical (unpaired) electrons. The lowest BCUT2D eigenvalue weighted by Gasteiger charge is -2.20. The Morgan fingerprint density at radius 3 is 2.43 bits per heavy atom. The Kier molecular flexibility index (Phi) is 3.78. The van der Waals surface area contributed by atoms with E-state index in [9.17, 15) is 0 Å². The molecule has 2 aromatic rings. The molecule has 2 unspecified atom stereocenters. The van der Waals surface area contributed by atoms with Gasteiger partial charge in [0.15, 0.2) is 0 Å². The molecule has 21 heavy (non-hydrogen) atoms. The molecule has 2 nitrogen and oxygen atoms in total. The Morgan fingerprint density at radius 1 is 1.19 bits per heavy atom. The van der Waals surface area contributed by atoms with Crippen molar-refractivity contribution in [3.05, 3.63) is 34.7 Å². The van der Waals surface area contributed by atoms with Crippen molar-refractivity contribution in [2.75, 3.05) is 5.32 Å². The van der Waals surface area contributed by atoms with E-state index < -0.39 is 0 Å². The van der Waals surface area contributed by atoms with Gasteiger partial charge in [-0.25, -0.2) is 4.98 Å². The lowest BCUT2D eigenvalue weighted by atomic mass is 9.91. The molecule has 0 aliphatic heterocycles. The molecule has 1 N–H and O–H groups in total. The smallest absolute Gasteiger partial charge is 0.0901 e. The largest absolute Gasteiger partial charge is 0.382 e. The van der Waals surface area contributed by atoms with Crippen molar-refractivity contribution in [3.8, 4) is 11.3 Å². The lowest BCUT2D eigenvalue weighted by Crippen LogP contribution is -2.22. The van der Waals surface area contributed by atoms with Crippen molar-refractivity contribution in [1.29, 1.82) is 0 Å². The SMILES string of the molecule is Cc1nc(-c2ccc(NC3CC(C)(C)CC3C)cc2)cs1. The quantitative estimate of drug-likeness (QED) is 0.826. The van der Waals surface area contributed by atoms with Crippen molar-refractivity contribution in [1.82, 2.24) is 4.98 Å². The van der Waals surface area contributed by atoms with Crippen LogP contribution in [0.4, 0.5) is 5.69 Å². The summed E-state index contributed by atoms with van der Waals surface area (Å²) in [4.78, 5) is 4.54. The molecule has 1 aromatic heterocycles. The highest BCUT2D eigenvalue weighted by Crippen LogP contribution is 2.42. The molecule has 0 saturated heterocycles. The van der Waals surface area contributed by atoms with Crippen LogP contribution in [-0.2, 0) is 0 Å². The van der Waals surface area contributed by atoms with Gasteiger partial charge in [-0.05, 0) is 43.2 Å². The maximum atomic E-state index is 4.54. The van der Waals surface area contributed by atoms with E-state index in [4.69, 9.17) is 0 Å². The van der Waals surface area contributed by atoms with Crippen molar-refractivity contribution in [3.63, 3.8) is 0 Å². The molecule has 0 amide bonds. The van der Waals surface area contributed by atoms with Crippen LogP contribution in [0.2, 0.25) is 0 Å². The summed E-state index contributed by atoms with van der Waals surface area (Å²) in [5.41, 5.74) is 3.97. The molecular formula is C18H24N2S. The summed E-state index contributed by atoms with van der Waals surface area (Å²) in [5.74, 6) is 0.737. The van der Waals surface area contributed by atoms with E-state index in [1.165, 1.54) is 24.1 Å². The van der Waals surface area contributed by atoms with Crippen LogP contribution in [0.25, 0.3) is 11.3 Å². The molecular weight excluding hydrogens is 276 g/mol. The molecule has 1 aromatic carbocycles. The summed E-state index contributed by atoms with van der Waals surface area (Å²) in [7, 11) is 0. The van der Waals surface area contributed by atoms with Gasteiger partial charge in [0.25, 0.3) is 0 Å². The van der Waals surface area contributed by atoms with E-state index in [1.54, 1.807) is 11.3 Å². The second kappa shape index (κ2) is 5.45. The van der Waals surface area contributed by atoms with Gasteiger partial charge in [-0.15, -0.1) is 11.3 Å². The van der Waals surface area contributed by atoms with Gasteiger partial charge >= 0.3 is 0 Å². The summed E-state index contributed by atoms with van der Waals surface area (Å²) in [6.07, 6.45) is 2.56.